The van der Waals surface area contributed by atoms with E-state index in [2.05, 4.69) is 10.3 Å². The van der Waals surface area contributed by atoms with E-state index in [9.17, 15) is 0 Å². The van der Waals surface area contributed by atoms with Crippen LogP contribution in [0.2, 0.25) is 0 Å². The highest BCUT2D eigenvalue weighted by atomic mass is 16.5. The average molecular weight is 288 g/mol. The van der Waals surface area contributed by atoms with Crippen LogP contribution in [0.25, 0.3) is 10.8 Å². The molecule has 1 saturated heterocycles. The van der Waals surface area contributed by atoms with Gasteiger partial charge in [-0.15, -0.1) is 0 Å². The maximum Gasteiger partial charge on any atom is 0.221 e. The van der Waals surface area contributed by atoms with Gasteiger partial charge in [0.25, 0.3) is 0 Å². The fraction of sp³-hybridized carbons (Fsp3) is 0.438. The third kappa shape index (κ3) is 2.88. The van der Waals surface area contributed by atoms with Gasteiger partial charge in [0, 0.05) is 11.6 Å². The lowest BCUT2D eigenvalue weighted by atomic mass is 10.1. The molecule has 0 bridgehead atoms. The van der Waals surface area contributed by atoms with Crippen LogP contribution >= 0.6 is 0 Å². The van der Waals surface area contributed by atoms with Crippen LogP contribution < -0.4 is 19.5 Å². The van der Waals surface area contributed by atoms with E-state index in [4.69, 9.17) is 14.2 Å². The molecule has 0 spiro atoms. The summed E-state index contributed by atoms with van der Waals surface area (Å²) in [6.45, 7) is 1.99. The molecule has 2 aromatic rings. The summed E-state index contributed by atoms with van der Waals surface area (Å²) in [5.74, 6) is 2.07. The Hall–Kier alpha value is -2.01. The largest absolute Gasteiger partial charge is 0.493 e. The Morgan fingerprint density at radius 1 is 1.10 bits per heavy atom. The molecule has 1 fully saturated rings. The van der Waals surface area contributed by atoms with Crippen LogP contribution in [0, 0.1) is 0 Å². The quantitative estimate of drug-likeness (QED) is 0.936. The minimum atomic E-state index is 0.220. The van der Waals surface area contributed by atoms with Crippen molar-refractivity contribution in [1.29, 1.82) is 0 Å². The Balaban J connectivity index is 1.97. The molecule has 1 aliphatic rings. The molecule has 0 saturated carbocycles. The summed E-state index contributed by atoms with van der Waals surface area (Å²) in [7, 11) is 3.27. The Kier molecular flexibility index (Phi) is 4.10. The molecule has 0 atom stereocenters. The molecule has 21 heavy (non-hydrogen) atoms. The molecule has 3 rings (SSSR count). The number of hydrogen-bond donors (Lipinski definition) is 1. The molecule has 2 heterocycles. The number of pyridine rings is 1. The van der Waals surface area contributed by atoms with Crippen LogP contribution in [-0.4, -0.2) is 38.4 Å². The predicted octanol–water partition coefficient (Wildman–Crippen LogP) is 2.38. The van der Waals surface area contributed by atoms with Gasteiger partial charge in [0.15, 0.2) is 11.5 Å². The van der Waals surface area contributed by atoms with E-state index >= 15 is 0 Å². The highest BCUT2D eigenvalue weighted by Crippen LogP contribution is 2.35. The molecule has 1 N–H and O–H groups in total. The lowest BCUT2D eigenvalue weighted by Gasteiger charge is -2.24. The SMILES string of the molecule is COc1cc2ccnc(OC3CCNCC3)c2cc1OC. The number of piperidine rings is 1. The van der Waals surface area contributed by atoms with Gasteiger partial charge in [-0.05, 0) is 49.5 Å². The van der Waals surface area contributed by atoms with E-state index < -0.39 is 0 Å². The first-order chi connectivity index (χ1) is 10.3. The lowest BCUT2D eigenvalue weighted by Crippen LogP contribution is -2.34. The molecule has 0 unspecified atom stereocenters. The van der Waals surface area contributed by atoms with Gasteiger partial charge in [-0.25, -0.2) is 4.98 Å². The van der Waals surface area contributed by atoms with Crippen LogP contribution in [0.4, 0.5) is 0 Å². The minimum absolute atomic E-state index is 0.220. The molecule has 1 aromatic heterocycles. The topological polar surface area (TPSA) is 52.6 Å². The summed E-state index contributed by atoms with van der Waals surface area (Å²) in [6.07, 6.45) is 4.00. The maximum absolute atomic E-state index is 6.09. The Labute approximate surface area is 124 Å². The fourth-order valence-electron chi connectivity index (χ4n) is 2.64. The number of methoxy groups -OCH3 is 2. The molecule has 1 aromatic carbocycles. The van der Waals surface area contributed by atoms with E-state index in [1.54, 1.807) is 20.4 Å². The number of benzene rings is 1. The Morgan fingerprint density at radius 3 is 2.52 bits per heavy atom. The first-order valence-corrected chi connectivity index (χ1v) is 7.20. The van der Waals surface area contributed by atoms with E-state index in [1.807, 2.05) is 18.2 Å². The smallest absolute Gasteiger partial charge is 0.221 e. The number of nitrogens with one attached hydrogen (secondary N) is 1. The van der Waals surface area contributed by atoms with E-state index in [-0.39, 0.29) is 6.10 Å². The summed E-state index contributed by atoms with van der Waals surface area (Å²) in [6, 6.07) is 5.83. The fourth-order valence-corrected chi connectivity index (χ4v) is 2.64. The van der Waals surface area contributed by atoms with Gasteiger partial charge in [0.1, 0.15) is 6.10 Å². The van der Waals surface area contributed by atoms with Crippen LogP contribution in [0.1, 0.15) is 12.8 Å². The first kappa shape index (κ1) is 13.9. The number of hydrogen-bond acceptors (Lipinski definition) is 5. The first-order valence-electron chi connectivity index (χ1n) is 7.20. The summed E-state index contributed by atoms with van der Waals surface area (Å²) in [4.78, 5) is 4.39. The third-order valence-corrected chi connectivity index (χ3v) is 3.80. The Bertz CT molecular complexity index is 624. The molecule has 112 valence electrons. The van der Waals surface area contributed by atoms with Gasteiger partial charge in [-0.2, -0.15) is 0 Å². The van der Waals surface area contributed by atoms with Gasteiger partial charge < -0.3 is 19.5 Å². The normalized spacial score (nSPS) is 15.9. The zero-order chi connectivity index (χ0) is 14.7. The standard InChI is InChI=1S/C16H20N2O3/c1-19-14-9-11-3-8-18-16(13(11)10-15(14)20-2)21-12-4-6-17-7-5-12/h3,8-10,12,17H,4-7H2,1-2H3. The molecule has 1 aliphatic heterocycles. The number of nitrogens with zero attached hydrogens (tertiary/aromatic N) is 1. The van der Waals surface area contributed by atoms with Crippen molar-refractivity contribution in [3.8, 4) is 17.4 Å². The molecular formula is C16H20N2O3. The third-order valence-electron chi connectivity index (χ3n) is 3.80. The zero-order valence-corrected chi connectivity index (χ0v) is 12.4. The van der Waals surface area contributed by atoms with Gasteiger partial charge in [0.05, 0.1) is 14.2 Å². The van der Waals surface area contributed by atoms with E-state index in [1.165, 1.54) is 0 Å². The van der Waals surface area contributed by atoms with Crippen LogP contribution in [0.3, 0.4) is 0 Å². The monoisotopic (exact) mass is 288 g/mol. The Morgan fingerprint density at radius 2 is 1.81 bits per heavy atom. The van der Waals surface area contributed by atoms with Crippen molar-refractivity contribution in [3.63, 3.8) is 0 Å². The van der Waals surface area contributed by atoms with Crippen molar-refractivity contribution < 1.29 is 14.2 Å². The summed E-state index contributed by atoms with van der Waals surface area (Å²) < 4.78 is 16.8. The number of rotatable bonds is 4. The molecule has 0 aliphatic carbocycles. The molecule has 0 radical (unpaired) electrons. The van der Waals surface area contributed by atoms with Crippen molar-refractivity contribution in [3.05, 3.63) is 24.4 Å². The average Bonchev–Trinajstić information content (AvgIpc) is 2.55. The summed E-state index contributed by atoms with van der Waals surface area (Å²) in [5.41, 5.74) is 0. The van der Waals surface area contributed by atoms with Gasteiger partial charge in [-0.1, -0.05) is 0 Å². The highest BCUT2D eigenvalue weighted by molar-refractivity contribution is 5.89. The zero-order valence-electron chi connectivity index (χ0n) is 12.4. The molecule has 5 nitrogen and oxygen atoms in total. The van der Waals surface area contributed by atoms with Crippen molar-refractivity contribution >= 4 is 10.8 Å². The van der Waals surface area contributed by atoms with Crippen LogP contribution in [0.5, 0.6) is 17.4 Å². The van der Waals surface area contributed by atoms with Crippen LogP contribution in [0.15, 0.2) is 24.4 Å². The highest BCUT2D eigenvalue weighted by Gasteiger charge is 2.17. The van der Waals surface area contributed by atoms with E-state index in [0.717, 1.165) is 36.7 Å². The van der Waals surface area contributed by atoms with Crippen molar-refractivity contribution in [2.45, 2.75) is 18.9 Å². The van der Waals surface area contributed by atoms with Gasteiger partial charge in [-0.3, -0.25) is 0 Å². The van der Waals surface area contributed by atoms with E-state index in [0.29, 0.717) is 17.4 Å². The summed E-state index contributed by atoms with van der Waals surface area (Å²) in [5, 5.41) is 5.32. The maximum atomic E-state index is 6.09. The van der Waals surface area contributed by atoms with Crippen LogP contribution in [-0.2, 0) is 0 Å². The molecule has 5 heteroatoms. The van der Waals surface area contributed by atoms with Gasteiger partial charge >= 0.3 is 0 Å². The molecule has 0 amide bonds. The predicted molar refractivity (Wildman–Crippen MR) is 81.4 cm³/mol. The molecular weight excluding hydrogens is 268 g/mol. The second kappa shape index (κ2) is 6.18. The number of fused-ring (bicyclic) bond motifs is 1. The van der Waals surface area contributed by atoms with Crippen molar-refractivity contribution in [1.82, 2.24) is 10.3 Å². The number of ether oxygens (including phenoxy) is 3. The van der Waals surface area contributed by atoms with Crippen molar-refractivity contribution in [2.75, 3.05) is 27.3 Å². The second-order valence-corrected chi connectivity index (χ2v) is 5.11. The lowest BCUT2D eigenvalue weighted by molar-refractivity contribution is 0.158. The second-order valence-electron chi connectivity index (χ2n) is 5.11. The van der Waals surface area contributed by atoms with Crippen molar-refractivity contribution in [2.24, 2.45) is 0 Å². The minimum Gasteiger partial charge on any atom is -0.493 e. The summed E-state index contributed by atoms with van der Waals surface area (Å²) >= 11 is 0. The number of aromatic nitrogens is 1. The van der Waals surface area contributed by atoms with Gasteiger partial charge in [0.2, 0.25) is 5.88 Å².